The zero-order valence-corrected chi connectivity index (χ0v) is 19.9. The van der Waals surface area contributed by atoms with Crippen molar-refractivity contribution >= 4 is 12.6 Å². The van der Waals surface area contributed by atoms with Gasteiger partial charge < -0.3 is 14.0 Å². The van der Waals surface area contributed by atoms with E-state index in [2.05, 4.69) is 11.3 Å². The number of aryl methyl sites for hydroxylation is 1. The minimum Gasteiger partial charge on any atom is -0.429 e. The molecule has 0 unspecified atom stereocenters. The molecule has 13 heteroatoms. The van der Waals surface area contributed by atoms with E-state index in [9.17, 15) is 39.5 Å². The Balaban J connectivity index is 1.49. The molecule has 0 bridgehead atoms. The van der Waals surface area contributed by atoms with Crippen molar-refractivity contribution in [2.24, 2.45) is 0 Å². The van der Waals surface area contributed by atoms with E-state index in [0.29, 0.717) is 30.5 Å². The molecule has 0 aliphatic carbocycles. The molecule has 1 fully saturated rings. The average Bonchev–Trinajstić information content (AvgIpc) is 2.85. The predicted molar refractivity (Wildman–Crippen MR) is 122 cm³/mol. The highest BCUT2D eigenvalue weighted by molar-refractivity contribution is 6.61. The van der Waals surface area contributed by atoms with Gasteiger partial charge in [-0.1, -0.05) is 6.08 Å². The Morgan fingerprint density at radius 2 is 1.36 bits per heavy atom. The summed E-state index contributed by atoms with van der Waals surface area (Å²) in [6.07, 6.45) is -2.27. The van der Waals surface area contributed by atoms with E-state index in [-0.39, 0.29) is 36.4 Å². The van der Waals surface area contributed by atoms with Gasteiger partial charge in [-0.15, -0.1) is 6.58 Å². The molecule has 0 radical (unpaired) electrons. The van der Waals surface area contributed by atoms with Crippen molar-refractivity contribution in [2.75, 3.05) is 13.2 Å². The van der Waals surface area contributed by atoms with E-state index >= 15 is 0 Å². The molecule has 0 atom stereocenters. The van der Waals surface area contributed by atoms with E-state index in [4.69, 9.17) is 9.31 Å². The standard InChI is InChI=1S/C26H18BF9O3/c1-2-3-4-13-5-17(28)23(18(29)6-13)14-11-37-27(38-12-14)15-7-19(30)24(20(31)8-15)26(35,36)39-16-9-21(32)25(34)22(33)10-16/h2,5-10,14H,1,3-4,11-12H2. The number of hydrogen-bond donors (Lipinski definition) is 0. The fourth-order valence-corrected chi connectivity index (χ4v) is 4.10. The maximum atomic E-state index is 14.6. The van der Waals surface area contributed by atoms with E-state index in [1.807, 2.05) is 0 Å². The molecular formula is C26H18BF9O3. The number of benzene rings is 3. The second-order valence-corrected chi connectivity index (χ2v) is 8.68. The fraction of sp³-hybridized carbons (Fsp3) is 0.231. The quantitative estimate of drug-likeness (QED) is 0.138. The van der Waals surface area contributed by atoms with Crippen molar-refractivity contribution < 1.29 is 53.6 Å². The van der Waals surface area contributed by atoms with Crippen molar-refractivity contribution in [3.63, 3.8) is 0 Å². The Labute approximate surface area is 216 Å². The number of halogens is 9. The third kappa shape index (κ3) is 6.09. The summed E-state index contributed by atoms with van der Waals surface area (Å²) >= 11 is 0. The molecule has 0 amide bonds. The Bertz CT molecular complexity index is 1320. The minimum absolute atomic E-state index is 0.0805. The highest BCUT2D eigenvalue weighted by Crippen LogP contribution is 2.36. The molecule has 4 rings (SSSR count). The third-order valence-corrected chi connectivity index (χ3v) is 5.91. The second kappa shape index (κ2) is 11.3. The molecule has 1 aliphatic heterocycles. The summed E-state index contributed by atoms with van der Waals surface area (Å²) in [6, 6.07) is 3.43. The van der Waals surface area contributed by atoms with Crippen LogP contribution >= 0.6 is 0 Å². The molecule has 3 aromatic carbocycles. The van der Waals surface area contributed by atoms with Gasteiger partial charge in [0, 0.05) is 36.8 Å². The van der Waals surface area contributed by atoms with Crippen LogP contribution in [0.3, 0.4) is 0 Å². The van der Waals surface area contributed by atoms with Gasteiger partial charge in [0.05, 0.1) is 0 Å². The monoisotopic (exact) mass is 560 g/mol. The van der Waals surface area contributed by atoms with Crippen LogP contribution in [0.25, 0.3) is 0 Å². The number of ether oxygens (including phenoxy) is 1. The lowest BCUT2D eigenvalue weighted by Crippen LogP contribution is -2.44. The van der Waals surface area contributed by atoms with E-state index in [1.54, 1.807) is 6.08 Å². The van der Waals surface area contributed by atoms with Gasteiger partial charge in [0.25, 0.3) is 0 Å². The van der Waals surface area contributed by atoms with Crippen LogP contribution in [0.5, 0.6) is 5.75 Å². The molecule has 3 aromatic rings. The smallest absolute Gasteiger partial charge is 0.429 e. The topological polar surface area (TPSA) is 27.7 Å². The average molecular weight is 560 g/mol. The Kier molecular flexibility index (Phi) is 8.31. The van der Waals surface area contributed by atoms with Gasteiger partial charge in [0.1, 0.15) is 34.6 Å². The summed E-state index contributed by atoms with van der Waals surface area (Å²) in [7, 11) is -1.47. The van der Waals surface area contributed by atoms with Crippen molar-refractivity contribution in [3.05, 3.63) is 106 Å². The molecule has 1 heterocycles. The lowest BCUT2D eigenvalue weighted by molar-refractivity contribution is -0.189. The SMILES string of the molecule is C=CCCc1cc(F)c(C2COB(c3cc(F)c(C(F)(F)Oc4cc(F)c(F)c(F)c4)c(F)c3)OC2)c(F)c1. The zero-order valence-electron chi connectivity index (χ0n) is 19.9. The van der Waals surface area contributed by atoms with Crippen LogP contribution in [0.15, 0.2) is 49.1 Å². The summed E-state index contributed by atoms with van der Waals surface area (Å²) < 4.78 is 142. The van der Waals surface area contributed by atoms with Crippen LogP contribution in [0.1, 0.15) is 29.0 Å². The molecule has 0 aromatic heterocycles. The van der Waals surface area contributed by atoms with Crippen LogP contribution in [-0.2, 0) is 21.8 Å². The molecule has 1 saturated heterocycles. The molecule has 3 nitrogen and oxygen atoms in total. The van der Waals surface area contributed by atoms with Crippen LogP contribution < -0.4 is 10.2 Å². The normalized spacial score (nSPS) is 14.5. The zero-order chi connectivity index (χ0) is 28.5. The van der Waals surface area contributed by atoms with Crippen LogP contribution in [0, 0.1) is 40.7 Å². The maximum Gasteiger partial charge on any atom is 0.494 e. The molecule has 0 spiro atoms. The Morgan fingerprint density at radius 1 is 0.821 bits per heavy atom. The molecule has 206 valence electrons. The van der Waals surface area contributed by atoms with Gasteiger partial charge in [-0.25, -0.2) is 30.7 Å². The van der Waals surface area contributed by atoms with Gasteiger partial charge in [-0.05, 0) is 48.1 Å². The number of hydrogen-bond acceptors (Lipinski definition) is 3. The van der Waals surface area contributed by atoms with Gasteiger partial charge in [-0.2, -0.15) is 8.78 Å². The van der Waals surface area contributed by atoms with Crippen molar-refractivity contribution in [1.29, 1.82) is 0 Å². The van der Waals surface area contributed by atoms with Crippen molar-refractivity contribution in [3.8, 4) is 5.75 Å². The largest absolute Gasteiger partial charge is 0.494 e. The summed E-state index contributed by atoms with van der Waals surface area (Å²) in [4.78, 5) is 0. The Hall–Kier alpha value is -3.45. The number of allylic oxidation sites excluding steroid dienone is 1. The second-order valence-electron chi connectivity index (χ2n) is 8.68. The summed E-state index contributed by atoms with van der Waals surface area (Å²) in [5, 5.41) is 0. The first kappa shape index (κ1) is 28.6. The lowest BCUT2D eigenvalue weighted by Gasteiger charge is -2.28. The highest BCUT2D eigenvalue weighted by atomic mass is 19.3. The third-order valence-electron chi connectivity index (χ3n) is 5.91. The van der Waals surface area contributed by atoms with Gasteiger partial charge >= 0.3 is 13.2 Å². The van der Waals surface area contributed by atoms with E-state index in [0.717, 1.165) is 0 Å². The summed E-state index contributed by atoms with van der Waals surface area (Å²) in [5.41, 5.74) is -2.15. The van der Waals surface area contributed by atoms with Crippen LogP contribution in [0.4, 0.5) is 39.5 Å². The van der Waals surface area contributed by atoms with Crippen molar-refractivity contribution in [1.82, 2.24) is 0 Å². The first-order chi connectivity index (χ1) is 18.4. The molecular weight excluding hydrogens is 542 g/mol. The Morgan fingerprint density at radius 3 is 1.87 bits per heavy atom. The predicted octanol–water partition coefficient (Wildman–Crippen LogP) is 6.43. The first-order valence-electron chi connectivity index (χ1n) is 11.4. The van der Waals surface area contributed by atoms with Crippen LogP contribution in [-0.4, -0.2) is 20.3 Å². The van der Waals surface area contributed by atoms with Gasteiger partial charge in [-0.3, -0.25) is 0 Å². The van der Waals surface area contributed by atoms with E-state index < -0.39 is 71.2 Å². The number of alkyl halides is 2. The maximum absolute atomic E-state index is 14.6. The minimum atomic E-state index is -4.77. The summed E-state index contributed by atoms with van der Waals surface area (Å²) in [5.74, 6) is -13.1. The van der Waals surface area contributed by atoms with E-state index in [1.165, 1.54) is 12.1 Å². The number of rotatable bonds is 8. The highest BCUT2D eigenvalue weighted by Gasteiger charge is 2.43. The molecule has 0 saturated carbocycles. The van der Waals surface area contributed by atoms with Gasteiger partial charge in [0.2, 0.25) is 0 Å². The van der Waals surface area contributed by atoms with Crippen molar-refractivity contribution in [2.45, 2.75) is 24.9 Å². The fourth-order valence-electron chi connectivity index (χ4n) is 4.10. The molecule has 39 heavy (non-hydrogen) atoms. The molecule has 1 aliphatic rings. The summed E-state index contributed by atoms with van der Waals surface area (Å²) in [6.45, 7) is 2.90. The molecule has 0 N–H and O–H groups in total. The van der Waals surface area contributed by atoms with Gasteiger partial charge in [0.15, 0.2) is 17.5 Å². The van der Waals surface area contributed by atoms with Crippen LogP contribution in [0.2, 0.25) is 0 Å². The lowest BCUT2D eigenvalue weighted by atomic mass is 9.76. The first-order valence-corrected chi connectivity index (χ1v) is 11.4.